The normalized spacial score (nSPS) is 10.5. The Bertz CT molecular complexity index is 760. The number of hydrogen-bond donors (Lipinski definition) is 1. The number of halogens is 2. The van der Waals surface area contributed by atoms with Crippen LogP contribution in [-0.4, -0.2) is 18.5 Å². The van der Waals surface area contributed by atoms with Gasteiger partial charge in [0.15, 0.2) is 6.61 Å². The van der Waals surface area contributed by atoms with E-state index in [0.717, 1.165) is 29.3 Å². The maximum atomic E-state index is 13.0. The van der Waals surface area contributed by atoms with Crippen LogP contribution in [0.15, 0.2) is 24.3 Å². The first kappa shape index (κ1) is 18.4. The van der Waals surface area contributed by atoms with E-state index in [9.17, 15) is 14.0 Å². The number of ether oxygens (including phenoxy) is 1. The van der Waals surface area contributed by atoms with E-state index in [1.54, 1.807) is 6.07 Å². The summed E-state index contributed by atoms with van der Waals surface area (Å²) >= 11 is 7.17. The third-order valence-electron chi connectivity index (χ3n) is 3.28. The molecule has 0 aliphatic heterocycles. The van der Waals surface area contributed by atoms with Crippen LogP contribution in [0, 0.1) is 12.7 Å². The maximum Gasteiger partial charge on any atom is 0.348 e. The molecular weight excluding hydrogens is 353 g/mol. The maximum absolute atomic E-state index is 13.0. The van der Waals surface area contributed by atoms with Crippen LogP contribution in [0.3, 0.4) is 0 Å². The summed E-state index contributed by atoms with van der Waals surface area (Å²) in [7, 11) is 0. The summed E-state index contributed by atoms with van der Waals surface area (Å²) < 4.78 is 18.0. The number of amides is 1. The lowest BCUT2D eigenvalue weighted by Gasteiger charge is -2.07. The quantitative estimate of drug-likeness (QED) is 0.757. The van der Waals surface area contributed by atoms with Gasteiger partial charge in [0.05, 0.1) is 10.7 Å². The van der Waals surface area contributed by atoms with Gasteiger partial charge in [-0.25, -0.2) is 9.18 Å². The van der Waals surface area contributed by atoms with Gasteiger partial charge in [-0.1, -0.05) is 24.9 Å². The lowest BCUT2D eigenvalue weighted by atomic mass is 10.1. The van der Waals surface area contributed by atoms with Gasteiger partial charge in [-0.05, 0) is 43.2 Å². The van der Waals surface area contributed by atoms with Gasteiger partial charge in [-0.15, -0.1) is 11.3 Å². The van der Waals surface area contributed by atoms with Crippen molar-refractivity contribution in [3.63, 3.8) is 0 Å². The van der Waals surface area contributed by atoms with Crippen molar-refractivity contribution in [2.24, 2.45) is 0 Å². The standard InChI is InChI=1S/C17H17ClFNO3S/c1-3-4-11-7-15(24-10(11)2)17(22)23-9-16(21)20-14-6-5-12(19)8-13(14)18/h5-8H,3-4,9H2,1-2H3,(H,20,21). The third-order valence-corrected chi connectivity index (χ3v) is 4.67. The number of carbonyl (C=O) groups is 2. The van der Waals surface area contributed by atoms with Crippen molar-refractivity contribution in [2.45, 2.75) is 26.7 Å². The fourth-order valence-electron chi connectivity index (χ4n) is 2.12. The van der Waals surface area contributed by atoms with Crippen molar-refractivity contribution >= 4 is 40.5 Å². The number of nitrogens with one attached hydrogen (secondary N) is 1. The Hall–Kier alpha value is -1.92. The van der Waals surface area contributed by atoms with E-state index in [1.165, 1.54) is 23.5 Å². The summed E-state index contributed by atoms with van der Waals surface area (Å²) in [6.45, 7) is 3.59. The summed E-state index contributed by atoms with van der Waals surface area (Å²) in [6.07, 6.45) is 1.89. The molecule has 0 unspecified atom stereocenters. The highest BCUT2D eigenvalue weighted by atomic mass is 35.5. The molecular formula is C17H17ClFNO3S. The number of esters is 1. The Kier molecular flexibility index (Phi) is 6.34. The number of anilines is 1. The first-order valence-corrected chi connectivity index (χ1v) is 8.61. The van der Waals surface area contributed by atoms with Crippen LogP contribution < -0.4 is 5.32 Å². The molecule has 1 aromatic carbocycles. The molecule has 1 heterocycles. The molecule has 0 atom stereocenters. The molecule has 1 N–H and O–H groups in total. The fraction of sp³-hybridized carbons (Fsp3) is 0.294. The smallest absolute Gasteiger partial charge is 0.348 e. The summed E-state index contributed by atoms with van der Waals surface area (Å²) in [5, 5.41) is 2.55. The SMILES string of the molecule is CCCc1cc(C(=O)OCC(=O)Nc2ccc(F)cc2Cl)sc1C. The summed E-state index contributed by atoms with van der Waals surface area (Å²) in [5.74, 6) is -1.58. The highest BCUT2D eigenvalue weighted by Crippen LogP contribution is 2.24. The van der Waals surface area contributed by atoms with Gasteiger partial charge in [0.2, 0.25) is 0 Å². The monoisotopic (exact) mass is 369 g/mol. The Balaban J connectivity index is 1.91. The Labute approximate surface area is 148 Å². The van der Waals surface area contributed by atoms with Crippen LogP contribution in [0.2, 0.25) is 5.02 Å². The molecule has 0 aliphatic carbocycles. The second kappa shape index (κ2) is 8.26. The van der Waals surface area contributed by atoms with Crippen molar-refractivity contribution in [3.05, 3.63) is 50.4 Å². The van der Waals surface area contributed by atoms with Crippen LogP contribution in [0.5, 0.6) is 0 Å². The third kappa shape index (κ3) is 4.79. The highest BCUT2D eigenvalue weighted by molar-refractivity contribution is 7.14. The van der Waals surface area contributed by atoms with Crippen molar-refractivity contribution in [3.8, 4) is 0 Å². The van der Waals surface area contributed by atoms with Crippen LogP contribution in [0.25, 0.3) is 0 Å². The molecule has 0 saturated heterocycles. The zero-order valence-electron chi connectivity index (χ0n) is 13.3. The molecule has 0 spiro atoms. The Morgan fingerprint density at radius 1 is 1.33 bits per heavy atom. The molecule has 2 rings (SSSR count). The van der Waals surface area contributed by atoms with E-state index in [1.807, 2.05) is 6.92 Å². The predicted molar refractivity (Wildman–Crippen MR) is 93.4 cm³/mol. The topological polar surface area (TPSA) is 55.4 Å². The molecule has 1 amide bonds. The average molecular weight is 370 g/mol. The second-order valence-corrected chi connectivity index (χ2v) is 6.85. The van der Waals surface area contributed by atoms with Crippen LogP contribution >= 0.6 is 22.9 Å². The molecule has 7 heteroatoms. The zero-order chi connectivity index (χ0) is 17.7. The van der Waals surface area contributed by atoms with Gasteiger partial charge < -0.3 is 10.1 Å². The van der Waals surface area contributed by atoms with E-state index in [0.29, 0.717) is 4.88 Å². The fourth-order valence-corrected chi connectivity index (χ4v) is 3.30. The van der Waals surface area contributed by atoms with Crippen molar-refractivity contribution in [1.82, 2.24) is 0 Å². The van der Waals surface area contributed by atoms with E-state index < -0.39 is 24.3 Å². The number of benzene rings is 1. The first-order chi connectivity index (χ1) is 11.4. The molecule has 0 aliphatic rings. The van der Waals surface area contributed by atoms with Crippen LogP contribution in [0.1, 0.15) is 33.5 Å². The van der Waals surface area contributed by atoms with E-state index in [-0.39, 0.29) is 10.7 Å². The van der Waals surface area contributed by atoms with Crippen LogP contribution in [-0.2, 0) is 16.0 Å². The van der Waals surface area contributed by atoms with E-state index in [2.05, 4.69) is 12.2 Å². The van der Waals surface area contributed by atoms with Gasteiger partial charge in [-0.3, -0.25) is 4.79 Å². The minimum atomic E-state index is -0.543. The largest absolute Gasteiger partial charge is 0.451 e. The Morgan fingerprint density at radius 2 is 2.08 bits per heavy atom. The zero-order valence-corrected chi connectivity index (χ0v) is 14.9. The summed E-state index contributed by atoms with van der Waals surface area (Å²) in [6, 6.07) is 5.42. The minimum Gasteiger partial charge on any atom is -0.451 e. The van der Waals surface area contributed by atoms with Gasteiger partial charge >= 0.3 is 5.97 Å². The molecule has 1 aromatic heterocycles. The number of thiophene rings is 1. The molecule has 2 aromatic rings. The van der Waals surface area contributed by atoms with Gasteiger partial charge in [0.1, 0.15) is 10.7 Å². The second-order valence-electron chi connectivity index (χ2n) is 5.19. The summed E-state index contributed by atoms with van der Waals surface area (Å²) in [4.78, 5) is 25.4. The molecule has 0 bridgehead atoms. The first-order valence-electron chi connectivity index (χ1n) is 7.42. The van der Waals surface area contributed by atoms with Crippen molar-refractivity contribution < 1.29 is 18.7 Å². The lowest BCUT2D eigenvalue weighted by Crippen LogP contribution is -2.20. The molecule has 0 fully saturated rings. The van der Waals surface area contributed by atoms with Crippen molar-refractivity contribution in [1.29, 1.82) is 0 Å². The number of carbonyl (C=O) groups excluding carboxylic acids is 2. The van der Waals surface area contributed by atoms with Gasteiger partial charge in [-0.2, -0.15) is 0 Å². The van der Waals surface area contributed by atoms with E-state index >= 15 is 0 Å². The number of aryl methyl sites for hydroxylation is 2. The van der Waals surface area contributed by atoms with Crippen molar-refractivity contribution in [2.75, 3.05) is 11.9 Å². The molecule has 0 saturated carbocycles. The average Bonchev–Trinajstić information content (AvgIpc) is 2.89. The Morgan fingerprint density at radius 3 is 2.75 bits per heavy atom. The number of hydrogen-bond acceptors (Lipinski definition) is 4. The lowest BCUT2D eigenvalue weighted by molar-refractivity contribution is -0.119. The molecule has 24 heavy (non-hydrogen) atoms. The van der Waals surface area contributed by atoms with Crippen LogP contribution in [0.4, 0.5) is 10.1 Å². The highest BCUT2D eigenvalue weighted by Gasteiger charge is 2.15. The molecule has 128 valence electrons. The summed E-state index contributed by atoms with van der Waals surface area (Å²) in [5.41, 5.74) is 1.38. The predicted octanol–water partition coefficient (Wildman–Crippen LogP) is 4.60. The minimum absolute atomic E-state index is 0.0766. The molecule has 0 radical (unpaired) electrons. The van der Waals surface area contributed by atoms with Gasteiger partial charge in [0, 0.05) is 4.88 Å². The van der Waals surface area contributed by atoms with E-state index in [4.69, 9.17) is 16.3 Å². The molecule has 4 nitrogen and oxygen atoms in total. The van der Waals surface area contributed by atoms with Gasteiger partial charge in [0.25, 0.3) is 5.91 Å². The number of rotatable bonds is 6.